The molecule has 2 N–H and O–H groups in total. The van der Waals surface area contributed by atoms with Gasteiger partial charge < -0.3 is 5.73 Å². The van der Waals surface area contributed by atoms with Crippen LogP contribution >= 0.6 is 0 Å². The molecule has 0 bridgehead atoms. The van der Waals surface area contributed by atoms with Gasteiger partial charge >= 0.3 is 0 Å². The molecule has 1 aromatic carbocycles. The summed E-state index contributed by atoms with van der Waals surface area (Å²) in [5, 5.41) is 0. The molecule has 15 heavy (non-hydrogen) atoms. The summed E-state index contributed by atoms with van der Waals surface area (Å²) >= 11 is 0. The van der Waals surface area contributed by atoms with Gasteiger partial charge in [0, 0.05) is 34.0 Å². The molecular weight excluding hydrogens is 374 g/mol. The summed E-state index contributed by atoms with van der Waals surface area (Å²) in [7, 11) is 0. The minimum atomic E-state index is -1.30. The molecular formula is C12H12AuFN. The van der Waals surface area contributed by atoms with Crippen molar-refractivity contribution in [1.29, 1.82) is 0 Å². The maximum absolute atomic E-state index is 13.4. The number of rotatable bonds is 1. The van der Waals surface area contributed by atoms with Crippen LogP contribution in [-0.2, 0) is 28.8 Å². The van der Waals surface area contributed by atoms with Crippen molar-refractivity contribution >= 4 is 0 Å². The van der Waals surface area contributed by atoms with E-state index >= 15 is 0 Å². The van der Waals surface area contributed by atoms with Gasteiger partial charge in [0.1, 0.15) is 0 Å². The molecule has 0 amide bonds. The number of alkyl halides is 1. The molecule has 2 rings (SSSR count). The fourth-order valence-corrected chi connectivity index (χ4v) is 2.04. The smallest absolute Gasteiger partial charge is 0.185 e. The first-order valence-electron chi connectivity index (χ1n) is 4.71. The molecule has 0 saturated carbocycles. The third-order valence-corrected chi connectivity index (χ3v) is 2.77. The maximum atomic E-state index is 13.4. The summed E-state index contributed by atoms with van der Waals surface area (Å²) in [5.74, 6) is 2.12. The number of halogens is 1. The Hall–Kier alpha value is -0.590. The summed E-state index contributed by atoms with van der Waals surface area (Å²) in [6.07, 6.45) is 5.52. The predicted octanol–water partition coefficient (Wildman–Crippen LogP) is 2.27. The van der Waals surface area contributed by atoms with Crippen molar-refractivity contribution in [3.05, 3.63) is 34.9 Å². The van der Waals surface area contributed by atoms with E-state index in [1.165, 1.54) is 0 Å². The minimum absolute atomic E-state index is 0. The van der Waals surface area contributed by atoms with Gasteiger partial charge in [-0.15, -0.1) is 6.42 Å². The number of terminal acetylenes is 1. The molecule has 3 heteroatoms. The molecule has 0 aliphatic heterocycles. The van der Waals surface area contributed by atoms with Crippen molar-refractivity contribution in [2.75, 3.05) is 0 Å². The molecule has 1 aliphatic carbocycles. The van der Waals surface area contributed by atoms with Crippen LogP contribution in [-0.4, -0.2) is 0 Å². The van der Waals surface area contributed by atoms with Crippen molar-refractivity contribution in [2.45, 2.75) is 25.1 Å². The molecule has 0 heterocycles. The van der Waals surface area contributed by atoms with Gasteiger partial charge in [-0.1, -0.05) is 24.1 Å². The van der Waals surface area contributed by atoms with E-state index in [-0.39, 0.29) is 28.4 Å². The molecule has 0 aromatic heterocycles. The first-order valence-corrected chi connectivity index (χ1v) is 4.71. The zero-order valence-electron chi connectivity index (χ0n) is 8.14. The average molecular weight is 386 g/mol. The average Bonchev–Trinajstić information content (AvgIpc) is 2.59. The van der Waals surface area contributed by atoms with Crippen LogP contribution in [0.15, 0.2) is 18.2 Å². The first kappa shape index (κ1) is 12.5. The van der Waals surface area contributed by atoms with E-state index in [0.29, 0.717) is 5.56 Å². The molecule has 0 fully saturated rings. The van der Waals surface area contributed by atoms with Crippen molar-refractivity contribution in [1.82, 2.24) is 0 Å². The van der Waals surface area contributed by atoms with E-state index in [0.717, 1.165) is 24.0 Å². The first-order chi connectivity index (χ1) is 6.74. The van der Waals surface area contributed by atoms with Crippen molar-refractivity contribution in [3.63, 3.8) is 0 Å². The van der Waals surface area contributed by atoms with Gasteiger partial charge in [-0.05, 0) is 24.0 Å². The largest absolute Gasteiger partial charge is 0.324 e. The molecule has 2 atom stereocenters. The predicted molar refractivity (Wildman–Crippen MR) is 54.4 cm³/mol. The van der Waals surface area contributed by atoms with Gasteiger partial charge in [0.15, 0.2) is 6.17 Å². The summed E-state index contributed by atoms with van der Waals surface area (Å²) in [4.78, 5) is 0. The van der Waals surface area contributed by atoms with E-state index in [9.17, 15) is 4.39 Å². The fraction of sp³-hybridized carbons (Fsp3) is 0.333. The van der Waals surface area contributed by atoms with Crippen LogP contribution in [0.2, 0.25) is 0 Å². The third kappa shape index (κ3) is 2.16. The normalized spacial score (nSPS) is 19.9. The molecule has 1 radical (unpaired) electrons. The molecule has 1 aromatic rings. The van der Waals surface area contributed by atoms with Crippen molar-refractivity contribution in [3.8, 4) is 12.3 Å². The van der Waals surface area contributed by atoms with Crippen LogP contribution < -0.4 is 5.73 Å². The molecule has 1 aliphatic rings. The maximum Gasteiger partial charge on any atom is 0.185 e. The minimum Gasteiger partial charge on any atom is -0.324 e. The standard InChI is InChI=1S/C12H12FN.Au/c1-2-11(13)9-4-3-5-10-8(9)6-7-12(10)14;/h1,3-5,11-12H,6-7,14H2;. The molecule has 83 valence electrons. The third-order valence-electron chi connectivity index (χ3n) is 2.77. The molecule has 1 nitrogen and oxygen atoms in total. The zero-order chi connectivity index (χ0) is 10.1. The van der Waals surface area contributed by atoms with Gasteiger partial charge in [-0.25, -0.2) is 4.39 Å². The number of fused-ring (bicyclic) bond motifs is 1. The van der Waals surface area contributed by atoms with E-state index in [1.807, 2.05) is 12.1 Å². The summed E-state index contributed by atoms with van der Waals surface area (Å²) in [6.45, 7) is 0. The van der Waals surface area contributed by atoms with E-state index in [1.54, 1.807) is 6.07 Å². The number of hydrogen-bond acceptors (Lipinski definition) is 1. The van der Waals surface area contributed by atoms with Crippen molar-refractivity contribution in [2.24, 2.45) is 5.73 Å². The van der Waals surface area contributed by atoms with E-state index in [2.05, 4.69) is 5.92 Å². The Kier molecular flexibility index (Phi) is 4.12. The SMILES string of the molecule is C#CC(F)c1cccc2c1CCC2N.[Au]. The second kappa shape index (κ2) is 4.96. The Morgan fingerprint density at radius 3 is 2.93 bits per heavy atom. The molecule has 0 saturated heterocycles. The molecule has 2 unspecified atom stereocenters. The monoisotopic (exact) mass is 386 g/mol. The number of hydrogen-bond donors (Lipinski definition) is 1. The second-order valence-corrected chi connectivity index (χ2v) is 3.59. The number of nitrogens with two attached hydrogens (primary N) is 1. The van der Waals surface area contributed by atoms with Gasteiger partial charge in [-0.2, -0.15) is 0 Å². The summed E-state index contributed by atoms with van der Waals surface area (Å²) < 4.78 is 13.4. The van der Waals surface area contributed by atoms with Gasteiger partial charge in [0.05, 0.1) is 0 Å². The van der Waals surface area contributed by atoms with Crippen LogP contribution in [0.1, 0.15) is 35.3 Å². The van der Waals surface area contributed by atoms with E-state index in [4.69, 9.17) is 12.2 Å². The van der Waals surface area contributed by atoms with Crippen LogP contribution in [0.3, 0.4) is 0 Å². The zero-order valence-corrected chi connectivity index (χ0v) is 10.3. The Bertz CT molecular complexity index is 397. The Morgan fingerprint density at radius 2 is 2.27 bits per heavy atom. The van der Waals surface area contributed by atoms with Gasteiger partial charge in [0.2, 0.25) is 0 Å². The van der Waals surface area contributed by atoms with Gasteiger partial charge in [-0.3, -0.25) is 0 Å². The van der Waals surface area contributed by atoms with Crippen LogP contribution in [0.4, 0.5) is 4.39 Å². The summed E-state index contributed by atoms with van der Waals surface area (Å²) in [6, 6.07) is 5.58. The van der Waals surface area contributed by atoms with Crippen LogP contribution in [0.25, 0.3) is 0 Å². The van der Waals surface area contributed by atoms with Crippen LogP contribution in [0, 0.1) is 12.3 Å². The Labute approximate surface area is 105 Å². The van der Waals surface area contributed by atoms with Crippen LogP contribution in [0.5, 0.6) is 0 Å². The quantitative estimate of drug-likeness (QED) is 0.582. The van der Waals surface area contributed by atoms with Crippen molar-refractivity contribution < 1.29 is 26.8 Å². The fourth-order valence-electron chi connectivity index (χ4n) is 2.04. The van der Waals surface area contributed by atoms with Gasteiger partial charge in [0.25, 0.3) is 0 Å². The number of benzene rings is 1. The van der Waals surface area contributed by atoms with E-state index < -0.39 is 6.17 Å². The molecule has 0 spiro atoms. The topological polar surface area (TPSA) is 26.0 Å². The second-order valence-electron chi connectivity index (χ2n) is 3.59. The Morgan fingerprint density at radius 1 is 1.53 bits per heavy atom. The summed E-state index contributed by atoms with van der Waals surface area (Å²) in [5.41, 5.74) is 8.58. The Balaban J connectivity index is 0.00000112.